The van der Waals surface area contributed by atoms with Crippen LogP contribution in [0, 0.1) is 5.82 Å². The number of primary amides is 1. The minimum Gasteiger partial charge on any atom is -0.452 e. The Balaban J connectivity index is 1.58. The average Bonchev–Trinajstić information content (AvgIpc) is 3.02. The fourth-order valence-corrected chi connectivity index (χ4v) is 4.35. The molecule has 0 bridgehead atoms. The van der Waals surface area contributed by atoms with Gasteiger partial charge in [-0.2, -0.15) is 0 Å². The Kier molecular flexibility index (Phi) is 6.20. The highest BCUT2D eigenvalue weighted by Crippen LogP contribution is 2.37. The number of ether oxygens (including phenoxy) is 1. The number of halogens is 1. The first-order valence-corrected chi connectivity index (χ1v) is 9.60. The highest BCUT2D eigenvalue weighted by molar-refractivity contribution is 7.17. The number of hydrogen-bond donors (Lipinski definition) is 2. The van der Waals surface area contributed by atoms with Gasteiger partial charge in [-0.1, -0.05) is 12.1 Å². The van der Waals surface area contributed by atoms with Gasteiger partial charge in [0.05, 0.1) is 5.56 Å². The molecule has 1 aliphatic carbocycles. The van der Waals surface area contributed by atoms with Crippen LogP contribution in [0.25, 0.3) is 6.08 Å². The van der Waals surface area contributed by atoms with Crippen molar-refractivity contribution in [2.24, 2.45) is 5.73 Å². The summed E-state index contributed by atoms with van der Waals surface area (Å²) in [5.41, 5.74) is 7.24. The molecule has 0 radical (unpaired) electrons. The van der Waals surface area contributed by atoms with Gasteiger partial charge in [-0.25, -0.2) is 9.18 Å². The Hall–Kier alpha value is -3.00. The van der Waals surface area contributed by atoms with E-state index in [1.165, 1.54) is 35.6 Å². The first kappa shape index (κ1) is 19.8. The van der Waals surface area contributed by atoms with E-state index in [9.17, 15) is 18.8 Å². The molecule has 6 nitrogen and oxygen atoms in total. The van der Waals surface area contributed by atoms with Crippen LogP contribution >= 0.6 is 11.3 Å². The van der Waals surface area contributed by atoms with E-state index in [0.29, 0.717) is 16.1 Å². The van der Waals surface area contributed by atoms with E-state index in [4.69, 9.17) is 10.5 Å². The van der Waals surface area contributed by atoms with Gasteiger partial charge >= 0.3 is 5.97 Å². The van der Waals surface area contributed by atoms with Crippen LogP contribution in [0.1, 0.15) is 39.2 Å². The van der Waals surface area contributed by atoms with E-state index in [1.54, 1.807) is 6.07 Å². The van der Waals surface area contributed by atoms with E-state index >= 15 is 0 Å². The third-order valence-corrected chi connectivity index (χ3v) is 5.48. The molecule has 1 aromatic carbocycles. The van der Waals surface area contributed by atoms with Gasteiger partial charge in [0.1, 0.15) is 10.8 Å². The molecule has 0 saturated carbocycles. The molecule has 1 aliphatic rings. The zero-order valence-electron chi connectivity index (χ0n) is 15.0. The zero-order chi connectivity index (χ0) is 20.1. The van der Waals surface area contributed by atoms with Crippen LogP contribution in [0.15, 0.2) is 30.3 Å². The Morgan fingerprint density at radius 1 is 1.25 bits per heavy atom. The predicted molar refractivity (Wildman–Crippen MR) is 105 cm³/mol. The van der Waals surface area contributed by atoms with Crippen LogP contribution in [0.4, 0.5) is 9.39 Å². The monoisotopic (exact) mass is 402 g/mol. The van der Waals surface area contributed by atoms with Crippen LogP contribution in [0.5, 0.6) is 0 Å². The molecule has 1 heterocycles. The number of fused-ring (bicyclic) bond motifs is 1. The molecule has 8 heteroatoms. The fourth-order valence-electron chi connectivity index (χ4n) is 3.04. The number of aryl methyl sites for hydroxylation is 1. The molecule has 3 N–H and O–H groups in total. The van der Waals surface area contributed by atoms with Gasteiger partial charge in [0.2, 0.25) is 0 Å². The number of rotatable bonds is 6. The maximum Gasteiger partial charge on any atom is 0.331 e. The van der Waals surface area contributed by atoms with Crippen molar-refractivity contribution < 1.29 is 23.5 Å². The van der Waals surface area contributed by atoms with Gasteiger partial charge in [-0.15, -0.1) is 11.3 Å². The van der Waals surface area contributed by atoms with Crippen molar-refractivity contribution in [1.29, 1.82) is 0 Å². The van der Waals surface area contributed by atoms with Crippen LogP contribution in [0.2, 0.25) is 0 Å². The number of hydrogen-bond acceptors (Lipinski definition) is 5. The van der Waals surface area contributed by atoms with Crippen molar-refractivity contribution in [2.75, 3.05) is 11.9 Å². The highest BCUT2D eigenvalue weighted by atomic mass is 32.1. The predicted octanol–water partition coefficient (Wildman–Crippen LogP) is 3.06. The van der Waals surface area contributed by atoms with Gasteiger partial charge in [0, 0.05) is 11.0 Å². The first-order chi connectivity index (χ1) is 13.4. The maximum absolute atomic E-state index is 13.1. The summed E-state index contributed by atoms with van der Waals surface area (Å²) >= 11 is 1.34. The number of anilines is 1. The molecular formula is C20H19FN2O4S. The molecule has 0 saturated heterocycles. The number of carbonyl (C=O) groups excluding carboxylic acids is 3. The molecule has 0 unspecified atom stereocenters. The van der Waals surface area contributed by atoms with Crippen molar-refractivity contribution in [1.82, 2.24) is 0 Å². The van der Waals surface area contributed by atoms with Crippen molar-refractivity contribution in [3.8, 4) is 0 Å². The largest absolute Gasteiger partial charge is 0.452 e. The molecule has 0 aliphatic heterocycles. The van der Waals surface area contributed by atoms with Gasteiger partial charge in [0.25, 0.3) is 11.8 Å². The van der Waals surface area contributed by atoms with Crippen LogP contribution in [-0.2, 0) is 27.2 Å². The van der Waals surface area contributed by atoms with E-state index in [1.807, 2.05) is 0 Å². The summed E-state index contributed by atoms with van der Waals surface area (Å²) in [6, 6.07) is 5.71. The van der Waals surface area contributed by atoms with E-state index < -0.39 is 30.2 Å². The molecule has 0 fully saturated rings. The number of nitrogens with two attached hydrogens (primary N) is 1. The molecular weight excluding hydrogens is 383 g/mol. The van der Waals surface area contributed by atoms with Gasteiger partial charge in [-0.05, 0) is 55.0 Å². The van der Waals surface area contributed by atoms with E-state index in [2.05, 4.69) is 5.32 Å². The summed E-state index contributed by atoms with van der Waals surface area (Å²) in [5.74, 6) is -2.29. The van der Waals surface area contributed by atoms with Crippen LogP contribution in [0.3, 0.4) is 0 Å². The van der Waals surface area contributed by atoms with Gasteiger partial charge in [0.15, 0.2) is 6.61 Å². The summed E-state index contributed by atoms with van der Waals surface area (Å²) < 4.78 is 18.0. The lowest BCUT2D eigenvalue weighted by Gasteiger charge is -2.11. The first-order valence-electron chi connectivity index (χ1n) is 8.78. The quantitative estimate of drug-likeness (QED) is 0.573. The van der Waals surface area contributed by atoms with Crippen LogP contribution < -0.4 is 11.1 Å². The molecule has 2 aromatic rings. The minimum absolute atomic E-state index is 0.352. The third-order valence-electron chi connectivity index (χ3n) is 4.28. The Bertz CT molecular complexity index is 952. The molecule has 0 atom stereocenters. The lowest BCUT2D eigenvalue weighted by molar-refractivity contribution is -0.142. The third kappa shape index (κ3) is 4.83. The lowest BCUT2D eigenvalue weighted by Crippen LogP contribution is -2.22. The minimum atomic E-state index is -0.736. The van der Waals surface area contributed by atoms with E-state index in [0.717, 1.165) is 42.2 Å². The lowest BCUT2D eigenvalue weighted by atomic mass is 9.95. The fraction of sp³-hybridized carbons (Fsp3) is 0.250. The number of thiophene rings is 1. The summed E-state index contributed by atoms with van der Waals surface area (Å²) in [6.45, 7) is -0.507. The number of benzene rings is 1. The van der Waals surface area contributed by atoms with E-state index in [-0.39, 0.29) is 0 Å². The SMILES string of the molecule is NC(=O)c1c(NC(=O)COC(=O)/C=C/c2cccc(F)c2)sc2c1CCCC2. The molecule has 3 rings (SSSR count). The molecule has 28 heavy (non-hydrogen) atoms. The van der Waals surface area contributed by atoms with Crippen molar-refractivity contribution in [3.63, 3.8) is 0 Å². The Labute approximate surface area is 165 Å². The molecule has 146 valence electrons. The summed E-state index contributed by atoms with van der Waals surface area (Å²) in [5, 5.41) is 3.01. The second-order valence-electron chi connectivity index (χ2n) is 6.32. The summed E-state index contributed by atoms with van der Waals surface area (Å²) in [7, 11) is 0. The summed E-state index contributed by atoms with van der Waals surface area (Å²) in [6.07, 6.45) is 6.14. The Morgan fingerprint density at radius 2 is 2.04 bits per heavy atom. The Morgan fingerprint density at radius 3 is 2.79 bits per heavy atom. The van der Waals surface area contributed by atoms with Gasteiger partial charge < -0.3 is 15.8 Å². The maximum atomic E-state index is 13.1. The second-order valence-corrected chi connectivity index (χ2v) is 7.43. The second kappa shape index (κ2) is 8.79. The normalized spacial score (nSPS) is 13.2. The van der Waals surface area contributed by atoms with Crippen molar-refractivity contribution >= 4 is 40.2 Å². The topological polar surface area (TPSA) is 98.5 Å². The number of carbonyl (C=O) groups is 3. The van der Waals surface area contributed by atoms with Crippen LogP contribution in [-0.4, -0.2) is 24.4 Å². The molecule has 0 spiro atoms. The summed E-state index contributed by atoms with van der Waals surface area (Å²) in [4.78, 5) is 36.7. The van der Waals surface area contributed by atoms with Gasteiger partial charge in [-0.3, -0.25) is 9.59 Å². The zero-order valence-corrected chi connectivity index (χ0v) is 15.8. The standard InChI is InChI=1S/C20H19FN2O4S/c21-13-5-3-4-12(10-13)8-9-17(25)27-11-16(24)23-20-18(19(22)26)14-6-1-2-7-15(14)28-20/h3-5,8-10H,1-2,6-7,11H2,(H2,22,26)(H,23,24)/b9-8+. The number of esters is 1. The van der Waals surface area contributed by atoms with Crippen molar-refractivity contribution in [2.45, 2.75) is 25.7 Å². The van der Waals surface area contributed by atoms with Crippen molar-refractivity contribution in [3.05, 3.63) is 57.7 Å². The number of amides is 2. The smallest absolute Gasteiger partial charge is 0.331 e. The number of nitrogens with one attached hydrogen (secondary N) is 1. The molecule has 1 aromatic heterocycles. The molecule has 2 amide bonds. The highest BCUT2D eigenvalue weighted by Gasteiger charge is 2.25. The average molecular weight is 402 g/mol.